The van der Waals surface area contributed by atoms with Gasteiger partial charge >= 0.3 is 0 Å². The quantitative estimate of drug-likeness (QED) is 0.897. The van der Waals surface area contributed by atoms with Crippen molar-refractivity contribution >= 4 is 0 Å². The normalized spacial score (nSPS) is 12.4. The van der Waals surface area contributed by atoms with Crippen LogP contribution in [0, 0.1) is 5.82 Å². The summed E-state index contributed by atoms with van der Waals surface area (Å²) in [5.41, 5.74) is 3.05. The summed E-state index contributed by atoms with van der Waals surface area (Å²) in [5.74, 6) is -0.316. The van der Waals surface area contributed by atoms with Crippen LogP contribution in [0.2, 0.25) is 0 Å². The number of rotatable bonds is 5. The Bertz CT molecular complexity index is 508. The smallest absolute Gasteiger partial charge is 0.141 e. The third kappa shape index (κ3) is 3.58. The molecule has 19 heavy (non-hydrogen) atoms. The topological polar surface area (TPSA) is 37.8 Å². The zero-order valence-electron chi connectivity index (χ0n) is 11.2. The number of aromatic nitrogens is 2. The molecule has 0 saturated carbocycles. The lowest BCUT2D eigenvalue weighted by atomic mass is 10.1. The molecule has 0 aliphatic heterocycles. The van der Waals surface area contributed by atoms with Gasteiger partial charge in [0, 0.05) is 18.3 Å². The largest absolute Gasteiger partial charge is 0.311 e. The number of nitrogens with one attached hydrogen (secondary N) is 1. The lowest BCUT2D eigenvalue weighted by Crippen LogP contribution is -2.20. The van der Waals surface area contributed by atoms with E-state index < -0.39 is 0 Å². The van der Waals surface area contributed by atoms with E-state index in [1.54, 1.807) is 6.07 Å². The fraction of sp³-hybridized carbons (Fsp3) is 0.333. The summed E-state index contributed by atoms with van der Waals surface area (Å²) < 4.78 is 12.9. The Morgan fingerprint density at radius 2 is 2.00 bits per heavy atom. The van der Waals surface area contributed by atoms with Crippen molar-refractivity contribution in [2.45, 2.75) is 25.8 Å². The highest BCUT2D eigenvalue weighted by Crippen LogP contribution is 2.15. The Balaban J connectivity index is 2.11. The maximum Gasteiger partial charge on any atom is 0.141 e. The molecule has 0 aromatic carbocycles. The van der Waals surface area contributed by atoms with Crippen molar-refractivity contribution in [1.82, 2.24) is 15.3 Å². The van der Waals surface area contributed by atoms with Crippen LogP contribution in [0.5, 0.6) is 0 Å². The van der Waals surface area contributed by atoms with Crippen LogP contribution in [-0.2, 0) is 12.8 Å². The lowest BCUT2D eigenvalue weighted by molar-refractivity contribution is 0.560. The van der Waals surface area contributed by atoms with Crippen molar-refractivity contribution in [3.63, 3.8) is 0 Å². The molecule has 0 bridgehead atoms. The van der Waals surface area contributed by atoms with Crippen molar-refractivity contribution < 1.29 is 4.39 Å². The molecule has 0 saturated heterocycles. The molecule has 1 unspecified atom stereocenters. The lowest BCUT2D eigenvalue weighted by Gasteiger charge is -2.15. The van der Waals surface area contributed by atoms with Crippen LogP contribution in [-0.4, -0.2) is 17.0 Å². The molecule has 2 rings (SSSR count). The minimum Gasteiger partial charge on any atom is -0.311 e. The molecule has 0 fully saturated rings. The van der Waals surface area contributed by atoms with E-state index in [1.807, 2.05) is 19.3 Å². The van der Waals surface area contributed by atoms with Crippen molar-refractivity contribution in [2.24, 2.45) is 0 Å². The Labute approximate surface area is 112 Å². The predicted molar refractivity (Wildman–Crippen MR) is 73.3 cm³/mol. The van der Waals surface area contributed by atoms with E-state index in [9.17, 15) is 4.39 Å². The molecular weight excluding hydrogens is 241 g/mol. The van der Waals surface area contributed by atoms with Crippen molar-refractivity contribution in [3.05, 3.63) is 59.4 Å². The van der Waals surface area contributed by atoms with Gasteiger partial charge in [-0.15, -0.1) is 0 Å². The van der Waals surface area contributed by atoms with Gasteiger partial charge in [0.25, 0.3) is 0 Å². The highest BCUT2D eigenvalue weighted by Gasteiger charge is 2.12. The van der Waals surface area contributed by atoms with E-state index in [1.165, 1.54) is 17.8 Å². The molecule has 100 valence electrons. The second-order valence-electron chi connectivity index (χ2n) is 4.46. The van der Waals surface area contributed by atoms with Gasteiger partial charge in [-0.25, -0.2) is 4.39 Å². The van der Waals surface area contributed by atoms with Gasteiger partial charge in [0.1, 0.15) is 5.82 Å². The summed E-state index contributed by atoms with van der Waals surface area (Å²) in [6.07, 6.45) is 4.87. The van der Waals surface area contributed by atoms with E-state index in [-0.39, 0.29) is 11.9 Å². The fourth-order valence-corrected chi connectivity index (χ4v) is 1.94. The predicted octanol–water partition coefficient (Wildman–Crippen LogP) is 2.68. The van der Waals surface area contributed by atoms with Gasteiger partial charge in [-0.05, 0) is 37.2 Å². The molecule has 2 heterocycles. The third-order valence-electron chi connectivity index (χ3n) is 3.16. The van der Waals surface area contributed by atoms with Crippen LogP contribution >= 0.6 is 0 Å². The van der Waals surface area contributed by atoms with E-state index in [0.29, 0.717) is 0 Å². The average molecular weight is 259 g/mol. The summed E-state index contributed by atoms with van der Waals surface area (Å²) in [6.45, 7) is 2.11. The van der Waals surface area contributed by atoms with E-state index >= 15 is 0 Å². The summed E-state index contributed by atoms with van der Waals surface area (Å²) in [7, 11) is 1.87. The van der Waals surface area contributed by atoms with Gasteiger partial charge in [0.15, 0.2) is 0 Å². The van der Waals surface area contributed by atoms with Crippen molar-refractivity contribution in [3.8, 4) is 0 Å². The van der Waals surface area contributed by atoms with Crippen LogP contribution in [0.25, 0.3) is 0 Å². The number of likely N-dealkylation sites (N-methyl/N-ethyl adjacent to an activating group) is 1. The second kappa shape index (κ2) is 6.38. The molecule has 1 N–H and O–H groups in total. The highest BCUT2D eigenvalue weighted by atomic mass is 19.1. The molecule has 1 atom stereocenters. The Morgan fingerprint density at radius 1 is 1.16 bits per heavy atom. The van der Waals surface area contributed by atoms with Gasteiger partial charge < -0.3 is 5.32 Å². The molecule has 0 aliphatic rings. The van der Waals surface area contributed by atoms with Crippen LogP contribution in [0.1, 0.15) is 29.9 Å². The van der Waals surface area contributed by atoms with Crippen LogP contribution in [0.4, 0.5) is 4.39 Å². The zero-order valence-corrected chi connectivity index (χ0v) is 11.2. The third-order valence-corrected chi connectivity index (χ3v) is 3.16. The summed E-state index contributed by atoms with van der Waals surface area (Å²) in [6, 6.07) is 7.30. The first-order valence-electron chi connectivity index (χ1n) is 6.45. The molecule has 0 spiro atoms. The number of pyridine rings is 2. The minimum absolute atomic E-state index is 0.0422. The van der Waals surface area contributed by atoms with Gasteiger partial charge in [-0.2, -0.15) is 0 Å². The molecule has 0 radical (unpaired) electrons. The van der Waals surface area contributed by atoms with E-state index in [0.717, 1.165) is 24.2 Å². The van der Waals surface area contributed by atoms with Gasteiger partial charge in [-0.3, -0.25) is 9.97 Å². The van der Waals surface area contributed by atoms with Crippen LogP contribution in [0.3, 0.4) is 0 Å². The molecule has 2 aromatic rings. The van der Waals surface area contributed by atoms with Crippen molar-refractivity contribution in [2.75, 3.05) is 7.05 Å². The van der Waals surface area contributed by atoms with Gasteiger partial charge in [-0.1, -0.05) is 13.0 Å². The first kappa shape index (κ1) is 13.6. The van der Waals surface area contributed by atoms with Crippen molar-refractivity contribution in [1.29, 1.82) is 0 Å². The second-order valence-corrected chi connectivity index (χ2v) is 4.46. The highest BCUT2D eigenvalue weighted by molar-refractivity contribution is 5.17. The number of nitrogens with zero attached hydrogens (tertiary/aromatic N) is 2. The van der Waals surface area contributed by atoms with E-state index in [4.69, 9.17) is 0 Å². The maximum atomic E-state index is 12.9. The molecule has 0 amide bonds. The minimum atomic E-state index is -0.316. The maximum absolute atomic E-state index is 12.9. The van der Waals surface area contributed by atoms with Crippen LogP contribution < -0.4 is 5.32 Å². The molecule has 0 aliphatic carbocycles. The first-order valence-corrected chi connectivity index (χ1v) is 6.45. The van der Waals surface area contributed by atoms with Crippen LogP contribution in [0.15, 0.2) is 36.7 Å². The van der Waals surface area contributed by atoms with E-state index in [2.05, 4.69) is 28.3 Å². The first-order chi connectivity index (χ1) is 9.22. The monoisotopic (exact) mass is 259 g/mol. The Morgan fingerprint density at radius 3 is 2.53 bits per heavy atom. The summed E-state index contributed by atoms with van der Waals surface area (Å²) in [5, 5.41) is 3.19. The molecule has 4 heteroatoms. The summed E-state index contributed by atoms with van der Waals surface area (Å²) >= 11 is 0. The average Bonchev–Trinajstić information content (AvgIpc) is 2.46. The molecule has 3 nitrogen and oxygen atoms in total. The Hall–Kier alpha value is -1.81. The van der Waals surface area contributed by atoms with Gasteiger partial charge in [0.05, 0.1) is 17.9 Å². The molecular formula is C15H18FN3. The standard InChI is InChI=1S/C15H18FN3/c1-3-11-4-6-13(18-9-11)8-15(17-2)14-7-5-12(16)10-19-14/h4-7,9-10,15,17H,3,8H2,1-2H3. The number of halogens is 1. The molecule has 2 aromatic heterocycles. The SMILES string of the molecule is CCc1ccc(CC(NC)c2ccc(F)cn2)nc1. The summed E-state index contributed by atoms with van der Waals surface area (Å²) in [4.78, 5) is 8.55. The fourth-order valence-electron chi connectivity index (χ4n) is 1.94. The number of hydrogen-bond donors (Lipinski definition) is 1. The van der Waals surface area contributed by atoms with Gasteiger partial charge in [0.2, 0.25) is 0 Å². The zero-order chi connectivity index (χ0) is 13.7. The Kier molecular flexibility index (Phi) is 4.58. The number of hydrogen-bond acceptors (Lipinski definition) is 3. The number of aryl methyl sites for hydroxylation is 1.